The molecule has 0 spiro atoms. The second-order valence-corrected chi connectivity index (χ2v) is 13.1. The zero-order chi connectivity index (χ0) is 17.3. The van der Waals surface area contributed by atoms with Gasteiger partial charge in [-0.15, -0.1) is 0 Å². The van der Waals surface area contributed by atoms with E-state index in [9.17, 15) is 0 Å². The van der Waals surface area contributed by atoms with Crippen LogP contribution in [0, 0.1) is 13.8 Å². The Labute approximate surface area is 154 Å². The van der Waals surface area contributed by atoms with Gasteiger partial charge in [0.25, 0.3) is 0 Å². The third-order valence-electron chi connectivity index (χ3n) is 5.60. The van der Waals surface area contributed by atoms with Crippen LogP contribution in [-0.2, 0) is 16.6 Å². The first-order valence-electron chi connectivity index (χ1n) is 9.09. The number of benzene rings is 2. The van der Waals surface area contributed by atoms with Crippen molar-refractivity contribution in [1.82, 2.24) is 0 Å². The quantitative estimate of drug-likeness (QED) is 0.666. The van der Waals surface area contributed by atoms with Crippen molar-refractivity contribution in [2.45, 2.75) is 26.7 Å². The van der Waals surface area contributed by atoms with Crippen molar-refractivity contribution in [3.63, 3.8) is 0 Å². The van der Waals surface area contributed by atoms with Crippen molar-refractivity contribution in [1.29, 1.82) is 0 Å². The third-order valence-corrected chi connectivity index (χ3v) is 14.0. The summed E-state index contributed by atoms with van der Waals surface area (Å²) in [6, 6.07) is 18.2. The van der Waals surface area contributed by atoms with E-state index in [2.05, 4.69) is 98.8 Å². The van der Waals surface area contributed by atoms with Gasteiger partial charge in [-0.3, -0.25) is 0 Å². The van der Waals surface area contributed by atoms with Crippen LogP contribution in [0.2, 0.25) is 0 Å². The standard InChI is InChI=1S/2C7H7.2C5H5.Ti/c2*1-7-5-3-2-4-6-7;2*1-2-4-5-3-1;/h2*2-5H,1H3;2*1-3H,4H2;. The maximum atomic E-state index is 2.41. The normalized spacial score (nSPS) is 16.2. The van der Waals surface area contributed by atoms with Crippen LogP contribution in [0.25, 0.3) is 0 Å². The molecule has 0 amide bonds. The predicted octanol–water partition coefficient (Wildman–Crippen LogP) is 5.10. The van der Waals surface area contributed by atoms with Crippen LogP contribution in [0.3, 0.4) is 0 Å². The number of hydrogen-bond acceptors (Lipinski definition) is 0. The molecule has 1 heteroatoms. The SMILES string of the molecule is Cc1cccc[c]1[Ti]([C]1=CC=CC1)([C]1=CC=CC1)[c]1ccccc1C. The van der Waals surface area contributed by atoms with Crippen molar-refractivity contribution < 1.29 is 16.6 Å². The Hall–Kier alpha value is -1.89. The summed E-state index contributed by atoms with van der Waals surface area (Å²) in [5.74, 6) is 0. The minimum absolute atomic E-state index is 1.10. The summed E-state index contributed by atoms with van der Waals surface area (Å²) in [4.78, 5) is 0. The Morgan fingerprint density at radius 3 is 1.44 bits per heavy atom. The fourth-order valence-corrected chi connectivity index (χ4v) is 13.3. The van der Waals surface area contributed by atoms with Crippen LogP contribution in [0.4, 0.5) is 0 Å². The van der Waals surface area contributed by atoms with Gasteiger partial charge in [0.1, 0.15) is 0 Å². The molecule has 0 atom stereocenters. The van der Waals surface area contributed by atoms with Crippen LogP contribution in [0.5, 0.6) is 0 Å². The van der Waals surface area contributed by atoms with Gasteiger partial charge in [-0.2, -0.15) is 0 Å². The average molecular weight is 360 g/mol. The first-order chi connectivity index (χ1) is 12.2. The van der Waals surface area contributed by atoms with Crippen LogP contribution < -0.4 is 7.74 Å². The zero-order valence-corrected chi connectivity index (χ0v) is 16.6. The molecule has 0 heterocycles. The molecule has 124 valence electrons. The molecule has 0 N–H and O–H groups in total. The first-order valence-corrected chi connectivity index (χ1v) is 12.2. The predicted molar refractivity (Wildman–Crippen MR) is 105 cm³/mol. The Morgan fingerprint density at radius 1 is 0.640 bits per heavy atom. The molecule has 0 saturated carbocycles. The molecule has 25 heavy (non-hydrogen) atoms. The molecule has 2 aromatic carbocycles. The van der Waals surface area contributed by atoms with Crippen LogP contribution in [0.15, 0.2) is 92.7 Å². The van der Waals surface area contributed by atoms with E-state index in [0.717, 1.165) is 12.8 Å². The molecular weight excluding hydrogens is 336 g/mol. The Bertz CT molecular complexity index is 847. The van der Waals surface area contributed by atoms with E-state index in [0.29, 0.717) is 0 Å². The molecule has 2 aliphatic carbocycles. The van der Waals surface area contributed by atoms with Gasteiger partial charge >= 0.3 is 155 Å². The third kappa shape index (κ3) is 2.65. The summed E-state index contributed by atoms with van der Waals surface area (Å²) >= 11 is -2.87. The van der Waals surface area contributed by atoms with E-state index in [1.807, 2.05) is 0 Å². The number of allylic oxidation sites excluding steroid dienone is 8. The van der Waals surface area contributed by atoms with Gasteiger partial charge in [0, 0.05) is 0 Å². The Kier molecular flexibility index (Phi) is 4.50. The number of aryl methyl sites for hydroxylation is 2. The van der Waals surface area contributed by atoms with Crippen molar-refractivity contribution in [2.75, 3.05) is 0 Å². The van der Waals surface area contributed by atoms with E-state index in [1.165, 1.54) is 11.1 Å². The summed E-state index contributed by atoms with van der Waals surface area (Å²) < 4.78 is 6.53. The maximum absolute atomic E-state index is 2.87. The van der Waals surface area contributed by atoms with E-state index in [-0.39, 0.29) is 0 Å². The summed E-state index contributed by atoms with van der Waals surface area (Å²) in [6.45, 7) is 4.58. The van der Waals surface area contributed by atoms with E-state index >= 15 is 0 Å². The van der Waals surface area contributed by atoms with Gasteiger partial charge in [-0.1, -0.05) is 0 Å². The van der Waals surface area contributed by atoms with Crippen molar-refractivity contribution in [3.8, 4) is 0 Å². The molecule has 0 unspecified atom stereocenters. The summed E-state index contributed by atoms with van der Waals surface area (Å²) in [7, 11) is 0. The summed E-state index contributed by atoms with van der Waals surface area (Å²) in [5, 5.41) is 0. The Balaban J connectivity index is 2.09. The monoisotopic (exact) mass is 360 g/mol. The van der Waals surface area contributed by atoms with Gasteiger partial charge in [-0.05, 0) is 0 Å². The molecule has 2 aromatic rings. The summed E-state index contributed by atoms with van der Waals surface area (Å²) in [6.07, 6.45) is 16.2. The molecule has 0 aromatic heterocycles. The molecule has 4 rings (SSSR count). The molecule has 0 nitrogen and oxygen atoms in total. The zero-order valence-electron chi connectivity index (χ0n) is 15.0. The summed E-state index contributed by atoms with van der Waals surface area (Å²) in [5.41, 5.74) is 2.87. The van der Waals surface area contributed by atoms with Crippen molar-refractivity contribution in [2.24, 2.45) is 0 Å². The first kappa shape index (κ1) is 16.6. The van der Waals surface area contributed by atoms with E-state index in [4.69, 9.17) is 0 Å². The van der Waals surface area contributed by atoms with Crippen molar-refractivity contribution >= 4 is 7.74 Å². The molecule has 0 aliphatic heterocycles. The van der Waals surface area contributed by atoms with Gasteiger partial charge in [-0.25, -0.2) is 0 Å². The second-order valence-electron chi connectivity index (χ2n) is 7.03. The Morgan fingerprint density at radius 2 is 1.08 bits per heavy atom. The molecule has 0 fully saturated rings. The number of hydrogen-bond donors (Lipinski definition) is 0. The molecule has 0 bridgehead atoms. The minimum atomic E-state index is -2.87. The molecular formula is C24H24Ti. The van der Waals surface area contributed by atoms with Crippen molar-refractivity contribution in [3.05, 3.63) is 104 Å². The van der Waals surface area contributed by atoms with Gasteiger partial charge in [0.15, 0.2) is 0 Å². The number of rotatable bonds is 4. The van der Waals surface area contributed by atoms with E-state index in [1.54, 1.807) is 15.5 Å². The molecule has 0 saturated heterocycles. The van der Waals surface area contributed by atoms with Crippen LogP contribution >= 0.6 is 0 Å². The average Bonchev–Trinajstić information content (AvgIpc) is 3.33. The molecule has 0 radical (unpaired) electrons. The molecule has 2 aliphatic rings. The van der Waals surface area contributed by atoms with Gasteiger partial charge in [0.05, 0.1) is 0 Å². The van der Waals surface area contributed by atoms with E-state index < -0.39 is 16.6 Å². The van der Waals surface area contributed by atoms with Crippen LogP contribution in [-0.4, -0.2) is 0 Å². The fraction of sp³-hybridized carbons (Fsp3) is 0.167. The second kappa shape index (κ2) is 6.79. The van der Waals surface area contributed by atoms with Gasteiger partial charge < -0.3 is 0 Å². The topological polar surface area (TPSA) is 0 Å². The van der Waals surface area contributed by atoms with Gasteiger partial charge in [0.2, 0.25) is 0 Å². The fourth-order valence-electron chi connectivity index (χ4n) is 4.48. The van der Waals surface area contributed by atoms with Crippen LogP contribution in [0.1, 0.15) is 24.0 Å².